The lowest BCUT2D eigenvalue weighted by atomic mass is 9.75. The molecule has 758 valence electrons. The summed E-state index contributed by atoms with van der Waals surface area (Å²) in [6.45, 7) is 48.4. The molecule has 9 heterocycles. The predicted molar refractivity (Wildman–Crippen MR) is 600 cm³/mol. The molecule has 2 saturated carbocycles. The molecule has 26 heteroatoms. The third-order valence-corrected chi connectivity index (χ3v) is 34.2. The average Bonchev–Trinajstić information content (AvgIpc) is 1.60. The van der Waals surface area contributed by atoms with Gasteiger partial charge in [-0.25, -0.2) is 19.9 Å². The van der Waals surface area contributed by atoms with Gasteiger partial charge in [-0.3, -0.25) is 23.9 Å². The number of thiazole rings is 4. The fourth-order valence-corrected chi connectivity index (χ4v) is 27.0. The fourth-order valence-electron chi connectivity index (χ4n) is 21.9. The molecule has 5 aromatic heterocycles. The molecule has 0 bridgehead atoms. The van der Waals surface area contributed by atoms with Gasteiger partial charge in [0.05, 0.1) is 69.0 Å². The standard InChI is InChI=1S/2C30H37ClN2O2S.C29H33ClN4O2S.C29H29ClN2O2S/c2*1-18-16-24-28(36-29(32-24)33-15-14-20-8-6-7-9-22(20)17-33)26(21-10-12-23(31)13-11-21)25(18)27(19(2)34)35-30(3,4)5;1-16-14-23-27(37-28(31-23)34-13-12-22-21(15-34)17(2)33(7)32-22)25(19-8-10-20(30)11-9-19)24(16)26(18(3)35)36-29(4,5)6;1-17-14-23-27(35-28(31-23)32-15-20-8-6-7-9-21(20)16-32)25(19-10-12-22(30)13-11-19)24(17)26(18(2)33)34-29(3,4)5/h2*10-13,16,20,22,27H,6-9,14-15,17H2,1-5H3;8-11,14,26H,12-13,15H2,1-7H3;6-14,26H,15-16H2,1-5H3/t20-,22+,27+;20-,22-,27-;2*26-/m0111/s1. The van der Waals surface area contributed by atoms with Crippen molar-refractivity contribution < 1.29 is 38.1 Å². The van der Waals surface area contributed by atoms with Gasteiger partial charge in [-0.2, -0.15) is 5.10 Å². The molecule has 8 atom stereocenters. The number of hydrogen-bond acceptors (Lipinski definition) is 21. The molecule has 6 aliphatic rings. The van der Waals surface area contributed by atoms with Crippen molar-refractivity contribution in [2.75, 3.05) is 52.3 Å². The molecule has 14 aromatic rings. The summed E-state index contributed by atoms with van der Waals surface area (Å²) in [5.74, 6) is 3.32. The highest BCUT2D eigenvalue weighted by atomic mass is 35.5. The zero-order valence-electron chi connectivity index (χ0n) is 87.3. The zero-order valence-corrected chi connectivity index (χ0v) is 93.6. The Morgan fingerprint density at radius 1 is 0.354 bits per heavy atom. The van der Waals surface area contributed by atoms with Gasteiger partial charge in [-0.1, -0.05) is 203 Å². The van der Waals surface area contributed by atoms with Crippen molar-refractivity contribution in [3.05, 3.63) is 238 Å². The van der Waals surface area contributed by atoms with Crippen LogP contribution in [0.4, 0.5) is 20.5 Å². The van der Waals surface area contributed by atoms with E-state index in [9.17, 15) is 19.2 Å². The van der Waals surface area contributed by atoms with Crippen LogP contribution in [0.1, 0.15) is 272 Å². The van der Waals surface area contributed by atoms with Gasteiger partial charge in [0, 0.05) is 142 Å². The number of aryl methyl sites for hydroxylation is 5. The minimum Gasteiger partial charge on any atom is -0.360 e. The van der Waals surface area contributed by atoms with Crippen LogP contribution in [0.15, 0.2) is 146 Å². The Balaban J connectivity index is 0.000000132. The van der Waals surface area contributed by atoms with Gasteiger partial charge in [-0.15, -0.1) is 0 Å². The first kappa shape index (κ1) is 106. The van der Waals surface area contributed by atoms with Gasteiger partial charge in [0.2, 0.25) is 0 Å². The summed E-state index contributed by atoms with van der Waals surface area (Å²) in [6, 6.07) is 48.5. The lowest BCUT2D eigenvalue weighted by Gasteiger charge is -2.41. The van der Waals surface area contributed by atoms with Crippen LogP contribution in [0.3, 0.4) is 0 Å². The lowest BCUT2D eigenvalue weighted by molar-refractivity contribution is -0.139. The second-order valence-corrected chi connectivity index (χ2v) is 49.9. The second-order valence-electron chi connectivity index (χ2n) is 44.2. The molecule has 0 amide bonds. The van der Waals surface area contributed by atoms with E-state index < -0.39 is 46.8 Å². The molecule has 4 aliphatic heterocycles. The van der Waals surface area contributed by atoms with Crippen LogP contribution in [-0.2, 0) is 71.2 Å². The molecule has 0 radical (unpaired) electrons. The number of rotatable bonds is 20. The quantitative estimate of drug-likeness (QED) is 0.0700. The monoisotopic (exact) mass is 2090 g/mol. The topological polar surface area (TPSA) is 188 Å². The number of carbonyl (C=O) groups is 4. The Morgan fingerprint density at radius 3 is 0.903 bits per heavy atom. The van der Waals surface area contributed by atoms with E-state index in [0.29, 0.717) is 20.1 Å². The van der Waals surface area contributed by atoms with Crippen molar-refractivity contribution in [3.63, 3.8) is 0 Å². The first-order valence-electron chi connectivity index (χ1n) is 50.9. The summed E-state index contributed by atoms with van der Waals surface area (Å²) in [4.78, 5) is 82.0. The Hall–Kier alpha value is -9.37. The van der Waals surface area contributed by atoms with Crippen LogP contribution >= 0.6 is 91.8 Å². The minimum atomic E-state index is -0.684. The molecule has 4 fully saturated rings. The van der Waals surface area contributed by atoms with Gasteiger partial charge >= 0.3 is 0 Å². The minimum absolute atomic E-state index is 0.00620. The van der Waals surface area contributed by atoms with Crippen LogP contribution in [0.2, 0.25) is 20.1 Å². The van der Waals surface area contributed by atoms with E-state index in [-0.39, 0.29) is 23.1 Å². The molecule has 20 rings (SSSR count). The van der Waals surface area contributed by atoms with E-state index in [1.807, 2.05) is 206 Å². The normalized spacial score (nSPS) is 18.0. The van der Waals surface area contributed by atoms with Crippen molar-refractivity contribution in [1.82, 2.24) is 29.7 Å². The van der Waals surface area contributed by atoms with E-state index in [1.165, 1.54) is 92.3 Å². The van der Waals surface area contributed by atoms with Gasteiger partial charge in [0.15, 0.2) is 43.7 Å². The number of benzene rings is 9. The number of ketones is 4. The number of fused-ring (bicyclic) bond motifs is 8. The molecule has 2 aliphatic carbocycles. The number of halogens is 4. The van der Waals surface area contributed by atoms with Crippen molar-refractivity contribution in [2.24, 2.45) is 30.7 Å². The summed E-state index contributed by atoms with van der Waals surface area (Å²) < 4.78 is 31.8. The number of ether oxygens (including phenoxy) is 4. The Labute approximate surface area is 885 Å². The highest BCUT2D eigenvalue weighted by molar-refractivity contribution is 7.24. The largest absolute Gasteiger partial charge is 0.360 e. The number of piperidine rings is 2. The summed E-state index contributed by atoms with van der Waals surface area (Å²) in [5, 5.41) is 11.6. The predicted octanol–water partition coefficient (Wildman–Crippen LogP) is 31.6. The first-order chi connectivity index (χ1) is 68.2. The Bertz CT molecular complexity index is 6900. The van der Waals surface area contributed by atoms with Gasteiger partial charge in [-0.05, 0) is 323 Å². The number of anilines is 4. The van der Waals surface area contributed by atoms with Gasteiger partial charge in [0.25, 0.3) is 0 Å². The molecule has 0 unspecified atom stereocenters. The molecule has 18 nitrogen and oxygen atoms in total. The maximum Gasteiger partial charge on any atom is 0.187 e. The number of hydrogen-bond donors (Lipinski definition) is 0. The van der Waals surface area contributed by atoms with E-state index in [1.54, 1.807) is 73.0 Å². The molecule has 9 aromatic carbocycles. The number of Topliss-reactive ketones (excluding diaryl/α,β-unsaturated/α-hetero) is 4. The van der Waals surface area contributed by atoms with Crippen molar-refractivity contribution >= 4 is 176 Å². The van der Waals surface area contributed by atoms with Crippen LogP contribution in [-0.4, -0.2) is 108 Å². The number of carbonyl (C=O) groups excluding carboxylic acids is 4. The second kappa shape index (κ2) is 43.4. The van der Waals surface area contributed by atoms with Crippen LogP contribution in [0.25, 0.3) is 85.4 Å². The fraction of sp³-hybridized carbons (Fsp3) is 0.449. The number of nitrogens with zero attached hydrogens (tertiary/aromatic N) is 10. The number of aromatic nitrogens is 6. The van der Waals surface area contributed by atoms with E-state index >= 15 is 0 Å². The Kier molecular flexibility index (Phi) is 32.0. The van der Waals surface area contributed by atoms with E-state index in [2.05, 4.69) is 94.0 Å². The summed E-state index contributed by atoms with van der Waals surface area (Å²) in [7, 11) is 2.00. The molecule has 144 heavy (non-hydrogen) atoms. The van der Waals surface area contributed by atoms with Gasteiger partial charge in [0.1, 0.15) is 24.4 Å². The SMILES string of the molecule is CC(=O)[C@@H](OC(C)(C)C)c1c(C)cc2nc(N3CC[C@@H]4CCCC[C@@H]4C3)sc2c1-c1ccc(Cl)cc1.CC(=O)[C@@H](OC(C)(C)C)c1c(C)cc2nc(N3CC[C@H]4CCCC[C@@H]4C3)sc2c1-c1ccc(Cl)cc1.CC(=O)[C@@H](OC(C)(C)C)c1c(C)cc2nc(N3CCc4nn(C)c(C)c4C3)sc2c1-c1ccc(Cl)cc1.CC(=O)[C@@H](OC(C)(C)C)c1c(C)cc2nc(N3Cc4ccccc4C3)sc2c1-c1ccc(Cl)cc1. The lowest BCUT2D eigenvalue weighted by Crippen LogP contribution is -2.41. The van der Waals surface area contributed by atoms with Crippen LogP contribution in [0, 0.1) is 58.3 Å². The zero-order chi connectivity index (χ0) is 103. The van der Waals surface area contributed by atoms with Gasteiger partial charge < -0.3 is 38.5 Å². The molecule has 0 spiro atoms. The summed E-state index contributed by atoms with van der Waals surface area (Å²) >= 11 is 31.8. The van der Waals surface area contributed by atoms with Crippen molar-refractivity contribution in [3.8, 4) is 44.5 Å². The maximum atomic E-state index is 13.0. The summed E-state index contributed by atoms with van der Waals surface area (Å²) in [6.07, 6.45) is 11.7. The van der Waals surface area contributed by atoms with E-state index in [0.717, 1.165) is 233 Å². The summed E-state index contributed by atoms with van der Waals surface area (Å²) in [5.41, 5.74) is 24.2. The molecule has 0 N–H and O–H groups in total. The van der Waals surface area contributed by atoms with Crippen LogP contribution in [0.5, 0.6) is 0 Å². The Morgan fingerprint density at radius 2 is 0.625 bits per heavy atom. The first-order valence-corrected chi connectivity index (χ1v) is 55.6. The van der Waals surface area contributed by atoms with E-state index in [4.69, 9.17) is 85.3 Å². The highest BCUT2D eigenvalue weighted by Crippen LogP contribution is 2.53. The third-order valence-electron chi connectivity index (χ3n) is 28.6. The van der Waals surface area contributed by atoms with Crippen LogP contribution < -0.4 is 19.6 Å². The van der Waals surface area contributed by atoms with Crippen molar-refractivity contribution in [2.45, 2.75) is 282 Å². The molecule has 2 saturated heterocycles. The third kappa shape index (κ3) is 23.8. The van der Waals surface area contributed by atoms with Crippen molar-refractivity contribution in [1.29, 1.82) is 0 Å². The molecular formula is C118H136Cl4N10O8S4. The molecular weight excluding hydrogens is 1960 g/mol. The smallest absolute Gasteiger partial charge is 0.187 e. The average molecular weight is 2090 g/mol. The highest BCUT2D eigenvalue weighted by Gasteiger charge is 2.41. The maximum absolute atomic E-state index is 13.0.